The number of aromatic nitrogens is 2. The molecule has 1 aromatic carbocycles. The van der Waals surface area contributed by atoms with Crippen molar-refractivity contribution >= 4 is 21.7 Å². The molecule has 1 aromatic heterocycles. The summed E-state index contributed by atoms with van der Waals surface area (Å²) in [5.41, 5.74) is 2.03. The van der Waals surface area contributed by atoms with Gasteiger partial charge in [0.15, 0.2) is 0 Å². The molecule has 2 rings (SSSR count). The van der Waals surface area contributed by atoms with E-state index in [0.29, 0.717) is 6.54 Å². The fourth-order valence-corrected chi connectivity index (χ4v) is 2.34. The first-order valence-electron chi connectivity index (χ1n) is 6.67. The van der Waals surface area contributed by atoms with Crippen molar-refractivity contribution in [1.29, 1.82) is 0 Å². The second-order valence-electron chi connectivity index (χ2n) is 4.57. The molecule has 0 aliphatic carbocycles. The first-order valence-corrected chi connectivity index (χ1v) is 7.46. The maximum Gasteiger partial charge on any atom is 0.132 e. The SMILES string of the molecule is CCCc1nc(Br)cc(NCc2cccc(CO)c2)n1. The van der Waals surface area contributed by atoms with Crippen molar-refractivity contribution in [3.8, 4) is 0 Å². The average molecular weight is 336 g/mol. The molecule has 20 heavy (non-hydrogen) atoms. The van der Waals surface area contributed by atoms with Gasteiger partial charge in [0.1, 0.15) is 16.2 Å². The number of benzene rings is 1. The Balaban J connectivity index is 2.06. The number of halogens is 1. The summed E-state index contributed by atoms with van der Waals surface area (Å²) in [5, 5.41) is 12.4. The molecule has 0 unspecified atom stereocenters. The number of aliphatic hydroxyl groups excluding tert-OH is 1. The molecule has 2 aromatic rings. The van der Waals surface area contributed by atoms with Crippen LogP contribution in [0.5, 0.6) is 0 Å². The van der Waals surface area contributed by atoms with E-state index >= 15 is 0 Å². The third-order valence-corrected chi connectivity index (χ3v) is 3.27. The van der Waals surface area contributed by atoms with Crippen molar-refractivity contribution in [1.82, 2.24) is 9.97 Å². The largest absolute Gasteiger partial charge is 0.392 e. The van der Waals surface area contributed by atoms with Crippen molar-refractivity contribution in [2.24, 2.45) is 0 Å². The Morgan fingerprint density at radius 1 is 1.20 bits per heavy atom. The van der Waals surface area contributed by atoms with Gasteiger partial charge < -0.3 is 10.4 Å². The van der Waals surface area contributed by atoms with Crippen LogP contribution in [0.1, 0.15) is 30.3 Å². The molecule has 0 aliphatic rings. The van der Waals surface area contributed by atoms with Gasteiger partial charge in [-0.15, -0.1) is 0 Å². The summed E-state index contributed by atoms with van der Waals surface area (Å²) in [4.78, 5) is 8.82. The lowest BCUT2D eigenvalue weighted by atomic mass is 10.1. The molecule has 0 atom stereocenters. The van der Waals surface area contributed by atoms with E-state index in [1.807, 2.05) is 30.3 Å². The molecule has 0 spiro atoms. The number of rotatable bonds is 6. The van der Waals surface area contributed by atoms with E-state index in [4.69, 9.17) is 5.11 Å². The molecule has 1 heterocycles. The summed E-state index contributed by atoms with van der Waals surface area (Å²) in [7, 11) is 0. The predicted octanol–water partition coefficient (Wildman–Crippen LogP) is 3.30. The lowest BCUT2D eigenvalue weighted by Gasteiger charge is -2.08. The van der Waals surface area contributed by atoms with Crippen molar-refractivity contribution in [2.75, 3.05) is 5.32 Å². The third-order valence-electron chi connectivity index (χ3n) is 2.86. The summed E-state index contributed by atoms with van der Waals surface area (Å²) < 4.78 is 0.794. The summed E-state index contributed by atoms with van der Waals surface area (Å²) >= 11 is 3.41. The van der Waals surface area contributed by atoms with Crippen LogP contribution in [0, 0.1) is 0 Å². The van der Waals surface area contributed by atoms with Crippen LogP contribution in [0.4, 0.5) is 5.82 Å². The highest BCUT2D eigenvalue weighted by molar-refractivity contribution is 9.10. The van der Waals surface area contributed by atoms with Gasteiger partial charge in [0.25, 0.3) is 0 Å². The van der Waals surface area contributed by atoms with Crippen LogP contribution in [0.3, 0.4) is 0 Å². The smallest absolute Gasteiger partial charge is 0.132 e. The minimum Gasteiger partial charge on any atom is -0.392 e. The van der Waals surface area contributed by atoms with E-state index in [9.17, 15) is 0 Å². The van der Waals surface area contributed by atoms with Gasteiger partial charge in [-0.1, -0.05) is 31.2 Å². The van der Waals surface area contributed by atoms with Gasteiger partial charge in [-0.2, -0.15) is 0 Å². The molecule has 0 bridgehead atoms. The number of anilines is 1. The minimum absolute atomic E-state index is 0.0630. The molecule has 0 fully saturated rings. The zero-order valence-corrected chi connectivity index (χ0v) is 13.0. The quantitative estimate of drug-likeness (QED) is 0.795. The van der Waals surface area contributed by atoms with Crippen LogP contribution in [0.15, 0.2) is 34.9 Å². The minimum atomic E-state index is 0.0630. The molecule has 0 amide bonds. The Bertz CT molecular complexity index is 575. The highest BCUT2D eigenvalue weighted by atomic mass is 79.9. The third kappa shape index (κ3) is 4.28. The van der Waals surface area contributed by atoms with Crippen LogP contribution < -0.4 is 5.32 Å². The van der Waals surface area contributed by atoms with E-state index in [-0.39, 0.29) is 6.61 Å². The van der Waals surface area contributed by atoms with Gasteiger partial charge in [0.05, 0.1) is 6.61 Å². The Kier molecular flexibility index (Phi) is 5.49. The van der Waals surface area contributed by atoms with Gasteiger partial charge in [-0.25, -0.2) is 9.97 Å². The number of aryl methyl sites for hydroxylation is 1. The highest BCUT2D eigenvalue weighted by Gasteiger charge is 2.03. The van der Waals surface area contributed by atoms with Crippen LogP contribution in [-0.2, 0) is 19.6 Å². The molecule has 2 N–H and O–H groups in total. The molecule has 0 saturated carbocycles. The Morgan fingerprint density at radius 3 is 2.75 bits per heavy atom. The van der Waals surface area contributed by atoms with Gasteiger partial charge >= 0.3 is 0 Å². The van der Waals surface area contributed by atoms with Crippen LogP contribution in [0.25, 0.3) is 0 Å². The first-order chi connectivity index (χ1) is 9.71. The zero-order valence-electron chi connectivity index (χ0n) is 11.4. The van der Waals surface area contributed by atoms with Crippen molar-refractivity contribution in [2.45, 2.75) is 32.9 Å². The van der Waals surface area contributed by atoms with Gasteiger partial charge in [-0.05, 0) is 33.5 Å². The molecular formula is C15H18BrN3O. The summed E-state index contributed by atoms with van der Waals surface area (Å²) in [6.07, 6.45) is 1.89. The van der Waals surface area contributed by atoms with Crippen molar-refractivity contribution < 1.29 is 5.11 Å². The van der Waals surface area contributed by atoms with Gasteiger partial charge in [0.2, 0.25) is 0 Å². The fourth-order valence-electron chi connectivity index (χ4n) is 1.92. The molecule has 0 radical (unpaired) electrons. The Morgan fingerprint density at radius 2 is 2.00 bits per heavy atom. The second-order valence-corrected chi connectivity index (χ2v) is 5.39. The number of nitrogens with one attached hydrogen (secondary N) is 1. The van der Waals surface area contributed by atoms with E-state index in [2.05, 4.69) is 38.1 Å². The number of aliphatic hydroxyl groups is 1. The van der Waals surface area contributed by atoms with Crippen LogP contribution in [-0.4, -0.2) is 15.1 Å². The maximum atomic E-state index is 9.13. The predicted molar refractivity (Wildman–Crippen MR) is 83.4 cm³/mol. The maximum absolute atomic E-state index is 9.13. The van der Waals surface area contributed by atoms with E-state index in [0.717, 1.165) is 40.2 Å². The Labute approximate surface area is 127 Å². The molecule has 106 valence electrons. The summed E-state index contributed by atoms with van der Waals surface area (Å²) in [6, 6.07) is 9.73. The lowest BCUT2D eigenvalue weighted by molar-refractivity contribution is 0.281. The van der Waals surface area contributed by atoms with Crippen LogP contribution >= 0.6 is 15.9 Å². The van der Waals surface area contributed by atoms with Crippen LogP contribution in [0.2, 0.25) is 0 Å². The highest BCUT2D eigenvalue weighted by Crippen LogP contribution is 2.15. The van der Waals surface area contributed by atoms with Gasteiger partial charge in [-0.3, -0.25) is 0 Å². The number of hydrogen-bond donors (Lipinski definition) is 2. The second kappa shape index (κ2) is 7.36. The zero-order chi connectivity index (χ0) is 14.4. The standard InChI is InChI=1S/C15H18BrN3O/c1-2-4-14-18-13(16)8-15(19-14)17-9-11-5-3-6-12(7-11)10-20/h3,5-8,20H,2,4,9-10H2,1H3,(H,17,18,19). The van der Waals surface area contributed by atoms with E-state index in [1.54, 1.807) is 0 Å². The molecule has 0 aliphatic heterocycles. The average Bonchev–Trinajstić information content (AvgIpc) is 2.45. The number of nitrogens with zero attached hydrogens (tertiary/aromatic N) is 2. The van der Waals surface area contributed by atoms with Crippen molar-refractivity contribution in [3.05, 3.63) is 51.9 Å². The summed E-state index contributed by atoms with van der Waals surface area (Å²) in [6.45, 7) is 2.84. The molecule has 4 nitrogen and oxygen atoms in total. The van der Waals surface area contributed by atoms with Gasteiger partial charge in [0, 0.05) is 19.0 Å². The van der Waals surface area contributed by atoms with E-state index in [1.165, 1.54) is 0 Å². The normalized spacial score (nSPS) is 10.6. The summed E-state index contributed by atoms with van der Waals surface area (Å²) in [5.74, 6) is 1.65. The molecule has 0 saturated heterocycles. The Hall–Kier alpha value is -1.46. The van der Waals surface area contributed by atoms with Crippen molar-refractivity contribution in [3.63, 3.8) is 0 Å². The first kappa shape index (κ1) is 14.9. The molecule has 5 heteroatoms. The lowest BCUT2D eigenvalue weighted by Crippen LogP contribution is -2.05. The molecular weight excluding hydrogens is 318 g/mol. The monoisotopic (exact) mass is 335 g/mol. The topological polar surface area (TPSA) is 58.0 Å². The fraction of sp³-hybridized carbons (Fsp3) is 0.333. The number of hydrogen-bond acceptors (Lipinski definition) is 4. The van der Waals surface area contributed by atoms with E-state index < -0.39 is 0 Å².